The van der Waals surface area contributed by atoms with Gasteiger partial charge in [0.1, 0.15) is 6.54 Å². The summed E-state index contributed by atoms with van der Waals surface area (Å²) in [4.78, 5) is -0.285. The van der Waals surface area contributed by atoms with Crippen LogP contribution in [0.25, 0.3) is 0 Å². The maximum absolute atomic E-state index is 6.08. The fraction of sp³-hybridized carbons (Fsp3) is 0.750. The Morgan fingerprint density at radius 1 is 1.50 bits per heavy atom. The lowest BCUT2D eigenvalue weighted by atomic mass is 10.3. The third-order valence-corrected chi connectivity index (χ3v) is 2.38. The van der Waals surface area contributed by atoms with Crippen LogP contribution in [0.1, 0.15) is 13.8 Å². The predicted molar refractivity (Wildman–Crippen MR) is 45.7 cm³/mol. The van der Waals surface area contributed by atoms with Crippen molar-refractivity contribution in [3.8, 4) is 12.3 Å². The molecule has 0 heterocycles. The maximum Gasteiger partial charge on any atom is 0.169 e. The lowest BCUT2D eigenvalue weighted by molar-refractivity contribution is -0.916. The molecule has 0 radical (unpaired) electrons. The van der Waals surface area contributed by atoms with E-state index in [-0.39, 0.29) is 5.00 Å². The summed E-state index contributed by atoms with van der Waals surface area (Å²) >= 11 is 6.08. The normalized spacial score (nSPS) is 12.8. The molecule has 0 spiro atoms. The smallest absolute Gasteiger partial charge is 0.169 e. The number of nitrogens with zero attached hydrogens (tertiary/aromatic N) is 1. The van der Waals surface area contributed by atoms with Crippen LogP contribution in [0.2, 0.25) is 0 Å². The van der Waals surface area contributed by atoms with Gasteiger partial charge in [-0.05, 0) is 5.92 Å². The standard InChI is InChI=1S/C8H15ClN/c1-6-7-10(4,5)8(2,3)9/h1H,7H2,2-5H3/q+1. The van der Waals surface area contributed by atoms with Crippen LogP contribution in [-0.2, 0) is 0 Å². The van der Waals surface area contributed by atoms with Crippen molar-refractivity contribution in [1.82, 2.24) is 0 Å². The van der Waals surface area contributed by atoms with E-state index in [1.807, 2.05) is 27.9 Å². The molecular formula is C8H15ClN+. The van der Waals surface area contributed by atoms with Gasteiger partial charge in [-0.2, -0.15) is 0 Å². The maximum atomic E-state index is 6.08. The van der Waals surface area contributed by atoms with Crippen LogP contribution in [0.5, 0.6) is 0 Å². The lowest BCUT2D eigenvalue weighted by Gasteiger charge is -2.38. The number of terminal acetylenes is 1. The molecule has 0 aromatic heterocycles. The summed E-state index contributed by atoms with van der Waals surface area (Å²) in [5.74, 6) is 2.60. The van der Waals surface area contributed by atoms with E-state index in [9.17, 15) is 0 Å². The quantitative estimate of drug-likeness (QED) is 0.250. The summed E-state index contributed by atoms with van der Waals surface area (Å²) in [6, 6.07) is 0. The highest BCUT2D eigenvalue weighted by atomic mass is 35.5. The van der Waals surface area contributed by atoms with Gasteiger partial charge in [0.2, 0.25) is 0 Å². The molecule has 0 aliphatic carbocycles. The molecule has 0 saturated heterocycles. The molecule has 0 aromatic carbocycles. The zero-order valence-corrected chi connectivity index (χ0v) is 7.87. The first-order valence-electron chi connectivity index (χ1n) is 3.27. The molecule has 0 bridgehead atoms. The molecule has 0 saturated carbocycles. The van der Waals surface area contributed by atoms with Gasteiger partial charge in [-0.15, -0.1) is 6.42 Å². The number of rotatable bonds is 2. The Morgan fingerprint density at radius 2 is 1.90 bits per heavy atom. The molecule has 58 valence electrons. The van der Waals surface area contributed by atoms with Gasteiger partial charge in [0.05, 0.1) is 14.1 Å². The van der Waals surface area contributed by atoms with Crippen molar-refractivity contribution in [2.24, 2.45) is 0 Å². The van der Waals surface area contributed by atoms with E-state index in [2.05, 4.69) is 5.92 Å². The highest BCUT2D eigenvalue weighted by Gasteiger charge is 2.32. The van der Waals surface area contributed by atoms with Gasteiger partial charge in [-0.1, -0.05) is 11.6 Å². The molecule has 0 amide bonds. The minimum Gasteiger partial charge on any atom is -0.301 e. The second kappa shape index (κ2) is 2.82. The summed E-state index contributed by atoms with van der Waals surface area (Å²) in [7, 11) is 4.04. The number of alkyl halides is 1. The topological polar surface area (TPSA) is 0 Å². The Hall–Kier alpha value is -0.190. The fourth-order valence-electron chi connectivity index (χ4n) is 0.416. The van der Waals surface area contributed by atoms with E-state index in [1.165, 1.54) is 0 Å². The molecule has 0 unspecified atom stereocenters. The third-order valence-electron chi connectivity index (χ3n) is 1.93. The molecule has 0 aliphatic rings. The van der Waals surface area contributed by atoms with Crippen molar-refractivity contribution in [3.05, 3.63) is 0 Å². The molecule has 0 aliphatic heterocycles. The van der Waals surface area contributed by atoms with Gasteiger partial charge in [0, 0.05) is 13.8 Å². The zero-order valence-electron chi connectivity index (χ0n) is 7.11. The van der Waals surface area contributed by atoms with Crippen molar-refractivity contribution in [2.75, 3.05) is 20.6 Å². The molecule has 0 atom stereocenters. The highest BCUT2D eigenvalue weighted by Crippen LogP contribution is 2.23. The van der Waals surface area contributed by atoms with Crippen LogP contribution in [0.4, 0.5) is 0 Å². The summed E-state index contributed by atoms with van der Waals surface area (Å²) in [5, 5.41) is 0. The van der Waals surface area contributed by atoms with Gasteiger partial charge >= 0.3 is 0 Å². The second-order valence-corrected chi connectivity index (χ2v) is 4.38. The molecule has 0 fully saturated rings. The van der Waals surface area contributed by atoms with E-state index < -0.39 is 0 Å². The Morgan fingerprint density at radius 3 is 2.00 bits per heavy atom. The number of halogens is 1. The molecular weight excluding hydrogens is 146 g/mol. The lowest BCUT2D eigenvalue weighted by Crippen LogP contribution is -2.52. The fourth-order valence-corrected chi connectivity index (χ4v) is 0.476. The summed E-state index contributed by atoms with van der Waals surface area (Å²) < 4.78 is 0.644. The summed E-state index contributed by atoms with van der Waals surface area (Å²) in [5.41, 5.74) is 0. The Balaban J connectivity index is 4.28. The van der Waals surface area contributed by atoms with Crippen LogP contribution in [0.15, 0.2) is 0 Å². The molecule has 0 N–H and O–H groups in total. The first-order valence-corrected chi connectivity index (χ1v) is 3.64. The van der Waals surface area contributed by atoms with Gasteiger partial charge < -0.3 is 4.48 Å². The number of quaternary nitrogens is 1. The molecule has 10 heavy (non-hydrogen) atoms. The van der Waals surface area contributed by atoms with Crippen molar-refractivity contribution in [2.45, 2.75) is 18.8 Å². The predicted octanol–water partition coefficient (Wildman–Crippen LogP) is 1.67. The van der Waals surface area contributed by atoms with Crippen LogP contribution in [0.3, 0.4) is 0 Å². The van der Waals surface area contributed by atoms with E-state index in [1.54, 1.807) is 0 Å². The Kier molecular flexibility index (Phi) is 2.76. The molecule has 1 nitrogen and oxygen atoms in total. The second-order valence-electron chi connectivity index (χ2n) is 3.46. The summed E-state index contributed by atoms with van der Waals surface area (Å²) in [6.07, 6.45) is 5.19. The molecule has 2 heteroatoms. The average Bonchev–Trinajstić information content (AvgIpc) is 1.61. The SMILES string of the molecule is C#CC[N+](C)(C)C(C)(C)Cl. The van der Waals surface area contributed by atoms with Crippen LogP contribution >= 0.6 is 11.6 Å². The van der Waals surface area contributed by atoms with Gasteiger partial charge in [0.15, 0.2) is 5.00 Å². The van der Waals surface area contributed by atoms with Crippen molar-refractivity contribution < 1.29 is 4.48 Å². The van der Waals surface area contributed by atoms with E-state index in [0.717, 1.165) is 0 Å². The monoisotopic (exact) mass is 160 g/mol. The summed E-state index contributed by atoms with van der Waals surface area (Å²) in [6.45, 7) is 4.59. The van der Waals surface area contributed by atoms with Gasteiger partial charge in [-0.3, -0.25) is 0 Å². The van der Waals surface area contributed by atoms with E-state index in [4.69, 9.17) is 18.0 Å². The molecule has 0 rings (SSSR count). The van der Waals surface area contributed by atoms with Crippen molar-refractivity contribution >= 4 is 11.6 Å². The number of hydrogen-bond donors (Lipinski definition) is 0. The van der Waals surface area contributed by atoms with Crippen molar-refractivity contribution in [3.63, 3.8) is 0 Å². The van der Waals surface area contributed by atoms with E-state index in [0.29, 0.717) is 11.0 Å². The Bertz CT molecular complexity index is 148. The largest absolute Gasteiger partial charge is 0.301 e. The van der Waals surface area contributed by atoms with Gasteiger partial charge in [-0.25, -0.2) is 0 Å². The highest BCUT2D eigenvalue weighted by molar-refractivity contribution is 6.22. The molecule has 0 aromatic rings. The van der Waals surface area contributed by atoms with Crippen molar-refractivity contribution in [1.29, 1.82) is 0 Å². The van der Waals surface area contributed by atoms with Crippen LogP contribution in [-0.4, -0.2) is 30.1 Å². The van der Waals surface area contributed by atoms with Gasteiger partial charge in [0.25, 0.3) is 0 Å². The van der Waals surface area contributed by atoms with E-state index >= 15 is 0 Å². The van der Waals surface area contributed by atoms with Crippen LogP contribution < -0.4 is 0 Å². The third kappa shape index (κ3) is 2.21. The van der Waals surface area contributed by atoms with Crippen LogP contribution in [0, 0.1) is 12.3 Å². The number of hydrogen-bond acceptors (Lipinski definition) is 0. The minimum absolute atomic E-state index is 0.285. The average molecular weight is 161 g/mol. The minimum atomic E-state index is -0.285. The first kappa shape index (κ1) is 9.81. The zero-order chi connectivity index (χ0) is 8.41. The Labute approximate surface area is 68.6 Å². The first-order chi connectivity index (χ1) is 4.31.